The van der Waals surface area contributed by atoms with E-state index in [1.54, 1.807) is 0 Å². The van der Waals surface area contributed by atoms with Crippen molar-refractivity contribution in [3.63, 3.8) is 0 Å². The number of likely N-dealkylation sites (tertiary alicyclic amines) is 1. The molecule has 0 amide bonds. The Balaban J connectivity index is 1.71. The lowest BCUT2D eigenvalue weighted by atomic mass is 10.1. The number of rotatable bonds is 6. The van der Waals surface area contributed by atoms with Gasteiger partial charge in [-0.1, -0.05) is 36.8 Å². The van der Waals surface area contributed by atoms with Gasteiger partial charge in [0.25, 0.3) is 0 Å². The first kappa shape index (κ1) is 15.8. The van der Waals surface area contributed by atoms with E-state index >= 15 is 0 Å². The number of aryl methyl sites for hydroxylation is 1. The van der Waals surface area contributed by atoms with Crippen LogP contribution in [-0.2, 0) is 6.42 Å². The number of hydrogen-bond acceptors (Lipinski definition) is 2. The van der Waals surface area contributed by atoms with E-state index in [9.17, 15) is 0 Å². The van der Waals surface area contributed by atoms with Crippen molar-refractivity contribution in [3.8, 4) is 0 Å². The van der Waals surface area contributed by atoms with Gasteiger partial charge in [-0.3, -0.25) is 9.89 Å². The molecular formula is C17H28N4. The third-order valence-electron chi connectivity index (χ3n) is 4.18. The number of benzene rings is 1. The molecule has 1 fully saturated rings. The molecule has 1 aromatic carbocycles. The molecule has 2 rings (SSSR count). The second kappa shape index (κ2) is 8.03. The maximum atomic E-state index is 5.95. The Kier molecular flexibility index (Phi) is 6.05. The summed E-state index contributed by atoms with van der Waals surface area (Å²) in [6, 6.07) is 9.16. The molecular weight excluding hydrogens is 260 g/mol. The van der Waals surface area contributed by atoms with E-state index in [2.05, 4.69) is 53.3 Å². The number of nitrogens with one attached hydrogen (secondary N) is 1. The van der Waals surface area contributed by atoms with Gasteiger partial charge in [0, 0.05) is 12.6 Å². The molecule has 0 aromatic heterocycles. The SMILES string of the molecule is CCN1CCCC1CN=C(N)NCCc1cccc(C)c1. The van der Waals surface area contributed by atoms with Crippen molar-refractivity contribution in [2.45, 2.75) is 39.2 Å². The number of nitrogens with zero attached hydrogens (tertiary/aromatic N) is 2. The lowest BCUT2D eigenvalue weighted by Crippen LogP contribution is -2.36. The van der Waals surface area contributed by atoms with Gasteiger partial charge in [0.05, 0.1) is 6.54 Å². The van der Waals surface area contributed by atoms with Crippen LogP contribution in [0.3, 0.4) is 0 Å². The summed E-state index contributed by atoms with van der Waals surface area (Å²) in [4.78, 5) is 6.98. The first-order valence-corrected chi connectivity index (χ1v) is 8.02. The standard InChI is InChI=1S/C17H28N4/c1-3-21-11-5-8-16(21)13-20-17(18)19-10-9-15-7-4-6-14(2)12-15/h4,6-7,12,16H,3,5,8-11,13H2,1-2H3,(H3,18,19,20). The molecule has 1 aliphatic rings. The fourth-order valence-corrected chi connectivity index (χ4v) is 2.98. The molecule has 1 heterocycles. The van der Waals surface area contributed by atoms with Crippen molar-refractivity contribution in [2.75, 3.05) is 26.2 Å². The number of aliphatic imine (C=N–C) groups is 1. The lowest BCUT2D eigenvalue weighted by Gasteiger charge is -2.20. The molecule has 1 aliphatic heterocycles. The van der Waals surface area contributed by atoms with E-state index in [0.29, 0.717) is 12.0 Å². The molecule has 0 saturated carbocycles. The second-order valence-corrected chi connectivity index (χ2v) is 5.82. The highest BCUT2D eigenvalue weighted by atomic mass is 15.2. The van der Waals surface area contributed by atoms with Gasteiger partial charge >= 0.3 is 0 Å². The topological polar surface area (TPSA) is 53.6 Å². The molecule has 21 heavy (non-hydrogen) atoms. The maximum Gasteiger partial charge on any atom is 0.188 e. The van der Waals surface area contributed by atoms with E-state index < -0.39 is 0 Å². The molecule has 0 bridgehead atoms. The van der Waals surface area contributed by atoms with Crippen molar-refractivity contribution < 1.29 is 0 Å². The molecule has 4 heteroatoms. The van der Waals surface area contributed by atoms with Crippen molar-refractivity contribution in [2.24, 2.45) is 10.7 Å². The molecule has 3 N–H and O–H groups in total. The van der Waals surface area contributed by atoms with Crippen LogP contribution < -0.4 is 11.1 Å². The first-order chi connectivity index (χ1) is 10.2. The number of guanidine groups is 1. The highest BCUT2D eigenvalue weighted by Crippen LogP contribution is 2.16. The molecule has 1 atom stereocenters. The summed E-state index contributed by atoms with van der Waals surface area (Å²) in [5.74, 6) is 0.575. The average molecular weight is 288 g/mol. The Labute approximate surface area is 128 Å². The Morgan fingerprint density at radius 1 is 1.48 bits per heavy atom. The fraction of sp³-hybridized carbons (Fsp3) is 0.588. The third kappa shape index (κ3) is 5.05. The average Bonchev–Trinajstić information content (AvgIpc) is 2.92. The maximum absolute atomic E-state index is 5.95. The van der Waals surface area contributed by atoms with Crippen LogP contribution in [0.2, 0.25) is 0 Å². The number of likely N-dealkylation sites (N-methyl/N-ethyl adjacent to an activating group) is 1. The smallest absolute Gasteiger partial charge is 0.188 e. The first-order valence-electron chi connectivity index (χ1n) is 8.02. The summed E-state index contributed by atoms with van der Waals surface area (Å²) in [6.07, 6.45) is 3.51. The van der Waals surface area contributed by atoms with Crippen molar-refractivity contribution in [1.29, 1.82) is 0 Å². The van der Waals surface area contributed by atoms with Crippen LogP contribution in [0.5, 0.6) is 0 Å². The number of nitrogens with two attached hydrogens (primary N) is 1. The van der Waals surface area contributed by atoms with Gasteiger partial charge in [-0.2, -0.15) is 0 Å². The van der Waals surface area contributed by atoms with E-state index in [0.717, 1.165) is 26.1 Å². The summed E-state index contributed by atoms with van der Waals surface area (Å²) in [6.45, 7) is 8.30. The Hall–Kier alpha value is -1.55. The van der Waals surface area contributed by atoms with Crippen molar-refractivity contribution >= 4 is 5.96 Å². The van der Waals surface area contributed by atoms with Gasteiger partial charge in [0.1, 0.15) is 0 Å². The molecule has 1 aromatic rings. The third-order valence-corrected chi connectivity index (χ3v) is 4.18. The van der Waals surface area contributed by atoms with E-state index in [-0.39, 0.29) is 0 Å². The quantitative estimate of drug-likeness (QED) is 0.621. The van der Waals surface area contributed by atoms with Crippen LogP contribution in [-0.4, -0.2) is 43.1 Å². The van der Waals surface area contributed by atoms with Crippen LogP contribution in [0.15, 0.2) is 29.3 Å². The van der Waals surface area contributed by atoms with Gasteiger partial charge in [-0.05, 0) is 44.8 Å². The predicted octanol–water partition coefficient (Wildman–Crippen LogP) is 1.93. The summed E-state index contributed by atoms with van der Waals surface area (Å²) >= 11 is 0. The lowest BCUT2D eigenvalue weighted by molar-refractivity contribution is 0.273. The second-order valence-electron chi connectivity index (χ2n) is 5.82. The molecule has 0 spiro atoms. The minimum Gasteiger partial charge on any atom is -0.370 e. The van der Waals surface area contributed by atoms with Crippen molar-refractivity contribution in [1.82, 2.24) is 10.2 Å². The Morgan fingerprint density at radius 2 is 2.33 bits per heavy atom. The minimum absolute atomic E-state index is 0.575. The van der Waals surface area contributed by atoms with Crippen molar-refractivity contribution in [3.05, 3.63) is 35.4 Å². The largest absolute Gasteiger partial charge is 0.370 e. The van der Waals surface area contributed by atoms with Crippen LogP contribution in [0, 0.1) is 6.92 Å². The van der Waals surface area contributed by atoms with Gasteiger partial charge in [0.15, 0.2) is 5.96 Å². The highest BCUT2D eigenvalue weighted by Gasteiger charge is 2.22. The Morgan fingerprint density at radius 3 is 3.10 bits per heavy atom. The molecule has 4 nitrogen and oxygen atoms in total. The van der Waals surface area contributed by atoms with Crippen LogP contribution in [0.25, 0.3) is 0 Å². The van der Waals surface area contributed by atoms with Gasteiger partial charge < -0.3 is 11.1 Å². The molecule has 1 saturated heterocycles. The number of hydrogen-bond donors (Lipinski definition) is 2. The highest BCUT2D eigenvalue weighted by molar-refractivity contribution is 5.77. The monoisotopic (exact) mass is 288 g/mol. The van der Waals surface area contributed by atoms with Crippen LogP contribution in [0.1, 0.15) is 30.9 Å². The minimum atomic E-state index is 0.575. The zero-order chi connectivity index (χ0) is 15.1. The molecule has 0 aliphatic carbocycles. The summed E-state index contributed by atoms with van der Waals surface area (Å²) < 4.78 is 0. The van der Waals surface area contributed by atoms with Gasteiger partial charge in [-0.15, -0.1) is 0 Å². The predicted molar refractivity (Wildman–Crippen MR) is 89.6 cm³/mol. The Bertz CT molecular complexity index is 470. The molecule has 116 valence electrons. The normalized spacial score (nSPS) is 19.9. The van der Waals surface area contributed by atoms with Gasteiger partial charge in [-0.25, -0.2) is 0 Å². The fourth-order valence-electron chi connectivity index (χ4n) is 2.98. The zero-order valence-corrected chi connectivity index (χ0v) is 13.3. The van der Waals surface area contributed by atoms with E-state index in [1.807, 2.05) is 0 Å². The van der Waals surface area contributed by atoms with Crippen LogP contribution >= 0.6 is 0 Å². The van der Waals surface area contributed by atoms with E-state index in [4.69, 9.17) is 5.73 Å². The van der Waals surface area contributed by atoms with E-state index in [1.165, 1.54) is 30.5 Å². The van der Waals surface area contributed by atoms with Crippen LogP contribution in [0.4, 0.5) is 0 Å². The zero-order valence-electron chi connectivity index (χ0n) is 13.3. The molecule has 1 unspecified atom stereocenters. The van der Waals surface area contributed by atoms with Gasteiger partial charge in [0.2, 0.25) is 0 Å². The summed E-state index contributed by atoms with van der Waals surface area (Å²) in [7, 11) is 0. The summed E-state index contributed by atoms with van der Waals surface area (Å²) in [5, 5.41) is 3.22. The summed E-state index contributed by atoms with van der Waals surface area (Å²) in [5.41, 5.74) is 8.59. The molecule has 0 radical (unpaired) electrons.